The number of aromatic nitrogens is 6. The normalized spacial score (nSPS) is 16.3. The minimum Gasteiger partial charge on any atom is -0.469 e. The third-order valence-corrected chi connectivity index (χ3v) is 11.8. The summed E-state index contributed by atoms with van der Waals surface area (Å²) in [6.07, 6.45) is 7.27. The van der Waals surface area contributed by atoms with E-state index < -0.39 is 0 Å². The molecule has 274 valence electrons. The standard InChI is InChI=1S/C45H46N6O3/c1-8-29-24(3)35-21-39-33(19-42(52)28-14-16-47-41(18-28)40-17-23(2)13-15-46-40)27(6)34(49-39)20-36-26(5)31(11-12-43(53)54-7)45(50-36)32-10-9-30-25(4)37(51-44(30)32)22-38(29)48-35/h13-18,20-22,26,31,48-49H,8-12,19H2,1-7H3/t26-,31-/m0/s1. The second kappa shape index (κ2) is 13.9. The number of rotatable bonds is 8. The first kappa shape index (κ1) is 35.3. The molecule has 0 saturated heterocycles. The Bertz CT molecular complexity index is 2570. The Labute approximate surface area is 315 Å². The Hall–Kier alpha value is -5.70. The molecule has 8 rings (SSSR count). The zero-order valence-electron chi connectivity index (χ0n) is 32.1. The van der Waals surface area contributed by atoms with Gasteiger partial charge in [-0.05, 0) is 135 Å². The number of aryl methyl sites for hydroxylation is 4. The molecule has 0 saturated carbocycles. The summed E-state index contributed by atoms with van der Waals surface area (Å²) in [5.41, 5.74) is 19.0. The lowest BCUT2D eigenvalue weighted by Gasteiger charge is -2.16. The Kier molecular flexibility index (Phi) is 9.12. The molecule has 9 heteroatoms. The fraction of sp³-hybridized carbons (Fsp3) is 0.333. The molecule has 7 heterocycles. The maximum atomic E-state index is 14.2. The molecule has 9 nitrogen and oxygen atoms in total. The maximum Gasteiger partial charge on any atom is 0.305 e. The van der Waals surface area contributed by atoms with Crippen LogP contribution in [0.2, 0.25) is 0 Å². The smallest absolute Gasteiger partial charge is 0.305 e. The van der Waals surface area contributed by atoms with Crippen molar-refractivity contribution in [3.63, 3.8) is 0 Å². The number of ether oxygens (including phenoxy) is 1. The highest BCUT2D eigenvalue weighted by atomic mass is 16.5. The van der Waals surface area contributed by atoms with E-state index >= 15 is 0 Å². The first-order chi connectivity index (χ1) is 26.0. The molecule has 5 aromatic heterocycles. The maximum absolute atomic E-state index is 14.2. The van der Waals surface area contributed by atoms with Crippen LogP contribution in [0.3, 0.4) is 0 Å². The Morgan fingerprint density at radius 1 is 0.815 bits per heavy atom. The van der Waals surface area contributed by atoms with E-state index in [4.69, 9.17) is 14.7 Å². The summed E-state index contributed by atoms with van der Waals surface area (Å²) in [5.74, 6) is -0.113. The predicted molar refractivity (Wildman–Crippen MR) is 213 cm³/mol. The molecule has 5 aromatic rings. The summed E-state index contributed by atoms with van der Waals surface area (Å²) in [5, 5.41) is 0. The van der Waals surface area contributed by atoms with Crippen molar-refractivity contribution in [2.45, 2.75) is 91.9 Å². The number of nitrogens with zero attached hydrogens (tertiary/aromatic N) is 4. The van der Waals surface area contributed by atoms with Gasteiger partial charge in [0.15, 0.2) is 5.78 Å². The van der Waals surface area contributed by atoms with Crippen molar-refractivity contribution >= 4 is 45.0 Å². The zero-order valence-corrected chi connectivity index (χ0v) is 32.1. The van der Waals surface area contributed by atoms with Crippen molar-refractivity contribution in [2.75, 3.05) is 7.11 Å². The zero-order chi connectivity index (χ0) is 37.8. The van der Waals surface area contributed by atoms with Gasteiger partial charge < -0.3 is 14.7 Å². The van der Waals surface area contributed by atoms with Crippen molar-refractivity contribution in [1.29, 1.82) is 0 Å². The predicted octanol–water partition coefficient (Wildman–Crippen LogP) is 9.40. The fourth-order valence-corrected chi connectivity index (χ4v) is 8.59. The molecule has 0 aromatic carbocycles. The van der Waals surface area contributed by atoms with Gasteiger partial charge in [-0.2, -0.15) is 0 Å². The fourth-order valence-electron chi connectivity index (χ4n) is 8.59. The van der Waals surface area contributed by atoms with E-state index in [0.717, 1.165) is 86.5 Å². The number of allylic oxidation sites excluding steroid dienone is 2. The summed E-state index contributed by atoms with van der Waals surface area (Å²) in [6.45, 7) is 12.8. The number of pyridine rings is 2. The molecule has 54 heavy (non-hydrogen) atoms. The molecular formula is C45H46N6O3. The van der Waals surface area contributed by atoms with Crippen LogP contribution < -0.4 is 0 Å². The van der Waals surface area contributed by atoms with Gasteiger partial charge in [0.1, 0.15) is 0 Å². The first-order valence-corrected chi connectivity index (χ1v) is 19.0. The molecule has 2 N–H and O–H groups in total. The topological polar surface area (TPSA) is 127 Å². The lowest BCUT2D eigenvalue weighted by molar-refractivity contribution is -0.140. The van der Waals surface area contributed by atoms with Crippen LogP contribution in [-0.2, 0) is 28.8 Å². The van der Waals surface area contributed by atoms with Crippen LogP contribution in [0.5, 0.6) is 0 Å². The summed E-state index contributed by atoms with van der Waals surface area (Å²) >= 11 is 0. The number of fused-ring (bicyclic) bond motifs is 8. The number of ketones is 1. The highest BCUT2D eigenvalue weighted by Crippen LogP contribution is 2.47. The summed E-state index contributed by atoms with van der Waals surface area (Å²) in [4.78, 5) is 53.7. The van der Waals surface area contributed by atoms with E-state index in [0.29, 0.717) is 24.1 Å². The van der Waals surface area contributed by atoms with Crippen molar-refractivity contribution in [1.82, 2.24) is 29.9 Å². The monoisotopic (exact) mass is 718 g/mol. The molecular weight excluding hydrogens is 673 g/mol. The summed E-state index contributed by atoms with van der Waals surface area (Å²) < 4.78 is 5.05. The Morgan fingerprint density at radius 3 is 2.26 bits per heavy atom. The number of Topliss-reactive ketones (excluding diaryl/α,β-unsaturated/α-hetero) is 1. The molecule has 8 bridgehead atoms. The Morgan fingerprint density at radius 2 is 1.52 bits per heavy atom. The molecule has 0 fully saturated rings. The molecule has 0 unspecified atom stereocenters. The quantitative estimate of drug-likeness (QED) is 0.121. The minimum atomic E-state index is -0.216. The number of carbonyl (C=O) groups is 2. The van der Waals surface area contributed by atoms with Gasteiger partial charge >= 0.3 is 5.97 Å². The lowest BCUT2D eigenvalue weighted by Crippen LogP contribution is -2.09. The molecule has 2 aliphatic heterocycles. The van der Waals surface area contributed by atoms with Gasteiger partial charge in [-0.1, -0.05) is 13.8 Å². The van der Waals surface area contributed by atoms with E-state index in [1.165, 1.54) is 34.9 Å². The highest BCUT2D eigenvalue weighted by Gasteiger charge is 2.35. The number of esters is 1. The molecule has 0 spiro atoms. The van der Waals surface area contributed by atoms with Crippen LogP contribution in [0.25, 0.3) is 44.6 Å². The first-order valence-electron chi connectivity index (χ1n) is 19.0. The van der Waals surface area contributed by atoms with Crippen LogP contribution >= 0.6 is 0 Å². The van der Waals surface area contributed by atoms with E-state index in [2.05, 4.69) is 72.8 Å². The van der Waals surface area contributed by atoms with E-state index in [1.807, 2.05) is 25.1 Å². The highest BCUT2D eigenvalue weighted by molar-refractivity contribution is 6.00. The average Bonchev–Trinajstić information content (AvgIpc) is 3.94. The average molecular weight is 719 g/mol. The van der Waals surface area contributed by atoms with E-state index in [-0.39, 0.29) is 30.0 Å². The molecule has 0 radical (unpaired) electrons. The van der Waals surface area contributed by atoms with Gasteiger partial charge in [0.25, 0.3) is 0 Å². The molecule has 3 aliphatic rings. The van der Waals surface area contributed by atoms with Crippen molar-refractivity contribution in [3.05, 3.63) is 117 Å². The summed E-state index contributed by atoms with van der Waals surface area (Å²) in [6, 6.07) is 14.0. The van der Waals surface area contributed by atoms with Gasteiger partial charge in [0.05, 0.1) is 29.9 Å². The molecule has 2 atom stereocenters. The number of nitrogens with one attached hydrogen (secondary N) is 2. The number of methoxy groups -OCH3 is 1. The van der Waals surface area contributed by atoms with Crippen molar-refractivity contribution < 1.29 is 14.3 Å². The van der Waals surface area contributed by atoms with Crippen LogP contribution in [0.1, 0.15) is 118 Å². The third-order valence-electron chi connectivity index (χ3n) is 11.8. The number of carbonyl (C=O) groups excluding carboxylic acids is 2. The number of hydrogen-bond donors (Lipinski definition) is 2. The van der Waals surface area contributed by atoms with Crippen LogP contribution in [0.15, 0.2) is 54.9 Å². The van der Waals surface area contributed by atoms with Crippen LogP contribution in [-0.4, -0.2) is 48.8 Å². The SMILES string of the molecule is CCc1c(C)c2cc3[nH]c(cc4nc(c5c6nc(cc1[nH]2)C(C)=C6CC5)[C@@H](CCC(=O)OC)[C@@H]4C)c(C)c3CC(=O)c1ccnc(-c2cc(C)ccn2)c1. The van der Waals surface area contributed by atoms with Crippen LogP contribution in [0, 0.1) is 20.8 Å². The number of hydrogen-bond acceptors (Lipinski definition) is 7. The number of H-pyrrole nitrogens is 2. The van der Waals surface area contributed by atoms with Crippen molar-refractivity contribution in [3.8, 4) is 11.4 Å². The third kappa shape index (κ3) is 6.15. The van der Waals surface area contributed by atoms with Gasteiger partial charge in [0, 0.05) is 81.7 Å². The van der Waals surface area contributed by atoms with Crippen molar-refractivity contribution in [2.24, 2.45) is 0 Å². The lowest BCUT2D eigenvalue weighted by atomic mass is 9.85. The second-order valence-corrected chi connectivity index (χ2v) is 15.0. The van der Waals surface area contributed by atoms with Gasteiger partial charge in [-0.3, -0.25) is 24.5 Å². The van der Waals surface area contributed by atoms with Gasteiger partial charge in [-0.25, -0.2) is 4.98 Å². The number of aromatic amines is 2. The Balaban J connectivity index is 1.34. The van der Waals surface area contributed by atoms with Gasteiger partial charge in [-0.15, -0.1) is 0 Å². The second-order valence-electron chi connectivity index (χ2n) is 15.0. The molecule has 1 aliphatic carbocycles. The minimum absolute atomic E-state index is 0.00111. The van der Waals surface area contributed by atoms with E-state index in [1.54, 1.807) is 18.5 Å². The largest absolute Gasteiger partial charge is 0.469 e. The molecule has 0 amide bonds. The van der Waals surface area contributed by atoms with Crippen LogP contribution in [0.4, 0.5) is 0 Å². The van der Waals surface area contributed by atoms with Gasteiger partial charge in [0.2, 0.25) is 0 Å². The summed E-state index contributed by atoms with van der Waals surface area (Å²) in [7, 11) is 1.44. The van der Waals surface area contributed by atoms with E-state index in [9.17, 15) is 9.59 Å².